The van der Waals surface area contributed by atoms with Crippen molar-refractivity contribution >= 4 is 41.2 Å². The van der Waals surface area contributed by atoms with Crippen LogP contribution in [0.1, 0.15) is 26.5 Å². The van der Waals surface area contributed by atoms with E-state index in [0.717, 1.165) is 11.8 Å². The highest BCUT2D eigenvalue weighted by Gasteiger charge is 2.21. The largest absolute Gasteiger partial charge is 0.360 e. The van der Waals surface area contributed by atoms with Crippen LogP contribution in [0, 0.1) is 6.92 Å². The van der Waals surface area contributed by atoms with Gasteiger partial charge in [-0.15, -0.1) is 10.2 Å². The van der Waals surface area contributed by atoms with Crippen LogP contribution in [0.15, 0.2) is 20.9 Å². The number of nitrogens with zero attached hydrogens (tertiary/aromatic N) is 5. The Labute approximate surface area is 165 Å². The van der Waals surface area contributed by atoms with E-state index in [1.54, 1.807) is 24.8 Å². The van der Waals surface area contributed by atoms with E-state index in [1.165, 1.54) is 16.4 Å². The number of nitrogens with one attached hydrogen (secondary N) is 1. The minimum Gasteiger partial charge on any atom is -0.360 e. The predicted octanol–water partition coefficient (Wildman–Crippen LogP) is 1.37. The summed E-state index contributed by atoms with van der Waals surface area (Å²) in [6, 6.07) is 1.63. The summed E-state index contributed by atoms with van der Waals surface area (Å²) in [5.74, 6) is 6.93. The molecule has 3 N–H and O–H groups in total. The monoisotopic (exact) mass is 413 g/mol. The van der Waals surface area contributed by atoms with Crippen LogP contribution in [0.3, 0.4) is 0 Å². The van der Waals surface area contributed by atoms with Crippen molar-refractivity contribution in [1.29, 1.82) is 0 Å². The number of aryl methyl sites for hydroxylation is 1. The Bertz CT molecular complexity index is 788. The first kappa shape index (κ1) is 21.1. The lowest BCUT2D eigenvalue weighted by molar-refractivity contribution is -0.128. The molecule has 0 saturated heterocycles. The molecule has 12 heteroatoms. The summed E-state index contributed by atoms with van der Waals surface area (Å²) in [6.45, 7) is 8.63. The second-order valence-corrected chi connectivity index (χ2v) is 7.81. The quantitative estimate of drug-likeness (QED) is 0.462. The van der Waals surface area contributed by atoms with Crippen molar-refractivity contribution in [1.82, 2.24) is 24.9 Å². The van der Waals surface area contributed by atoms with Crippen LogP contribution in [0.5, 0.6) is 0 Å². The van der Waals surface area contributed by atoms with Gasteiger partial charge in [-0.2, -0.15) is 0 Å². The SMILES string of the molecule is CCN(CC)C(=O)CSc1nnc(SC(C)C(=O)Nc2cc(C)on2)n1N. The van der Waals surface area contributed by atoms with Crippen molar-refractivity contribution < 1.29 is 14.1 Å². The topological polar surface area (TPSA) is 132 Å². The van der Waals surface area contributed by atoms with Crippen LogP contribution in [0.25, 0.3) is 0 Å². The molecular formula is C15H23N7O3S2. The summed E-state index contributed by atoms with van der Waals surface area (Å²) in [5.41, 5.74) is 0. The van der Waals surface area contributed by atoms with Gasteiger partial charge in [-0.05, 0) is 27.7 Å². The number of rotatable bonds is 9. The molecule has 0 saturated carbocycles. The van der Waals surface area contributed by atoms with Crippen molar-refractivity contribution in [3.63, 3.8) is 0 Å². The molecule has 2 aromatic rings. The van der Waals surface area contributed by atoms with Crippen LogP contribution in [-0.2, 0) is 9.59 Å². The molecule has 0 radical (unpaired) electrons. The molecule has 0 aliphatic rings. The number of amides is 2. The average Bonchev–Trinajstić information content (AvgIpc) is 3.20. The molecule has 0 fully saturated rings. The molecule has 0 aliphatic heterocycles. The zero-order chi connectivity index (χ0) is 20.0. The highest BCUT2D eigenvalue weighted by Crippen LogP contribution is 2.25. The second-order valence-electron chi connectivity index (χ2n) is 5.56. The first-order valence-corrected chi connectivity index (χ1v) is 10.2. The van der Waals surface area contributed by atoms with Gasteiger partial charge in [0.05, 0.1) is 11.0 Å². The van der Waals surface area contributed by atoms with E-state index in [0.29, 0.717) is 35.0 Å². The summed E-state index contributed by atoms with van der Waals surface area (Å²) in [5, 5.41) is 14.7. The third-order valence-electron chi connectivity index (χ3n) is 3.60. The van der Waals surface area contributed by atoms with E-state index < -0.39 is 5.25 Å². The van der Waals surface area contributed by atoms with Crippen molar-refractivity contribution in [3.05, 3.63) is 11.8 Å². The van der Waals surface area contributed by atoms with E-state index in [2.05, 4.69) is 20.7 Å². The van der Waals surface area contributed by atoms with Crippen LogP contribution < -0.4 is 11.2 Å². The summed E-state index contributed by atoms with van der Waals surface area (Å²) >= 11 is 2.37. The molecule has 2 aromatic heterocycles. The van der Waals surface area contributed by atoms with Crippen molar-refractivity contribution in [3.8, 4) is 0 Å². The summed E-state index contributed by atoms with van der Waals surface area (Å²) in [4.78, 5) is 26.0. The Morgan fingerprint density at radius 2 is 2.00 bits per heavy atom. The number of aromatic nitrogens is 4. The number of anilines is 1. The zero-order valence-electron chi connectivity index (χ0n) is 15.6. The second kappa shape index (κ2) is 9.65. The molecule has 0 bridgehead atoms. The number of nitrogens with two attached hydrogens (primary N) is 1. The molecule has 2 rings (SSSR count). The molecule has 0 aromatic carbocycles. The van der Waals surface area contributed by atoms with Crippen LogP contribution in [0.2, 0.25) is 0 Å². The number of hydrogen-bond acceptors (Lipinski definition) is 9. The van der Waals surface area contributed by atoms with E-state index in [4.69, 9.17) is 10.4 Å². The highest BCUT2D eigenvalue weighted by molar-refractivity contribution is 8.00. The lowest BCUT2D eigenvalue weighted by Gasteiger charge is -2.17. The first-order chi connectivity index (χ1) is 12.8. The van der Waals surface area contributed by atoms with Gasteiger partial charge in [0.15, 0.2) is 5.82 Å². The van der Waals surface area contributed by atoms with Gasteiger partial charge in [-0.1, -0.05) is 28.7 Å². The third-order valence-corrected chi connectivity index (χ3v) is 5.59. The zero-order valence-corrected chi connectivity index (χ0v) is 17.3. The molecule has 0 aliphatic carbocycles. The predicted molar refractivity (Wildman–Crippen MR) is 104 cm³/mol. The molecule has 0 spiro atoms. The maximum absolute atomic E-state index is 12.2. The normalized spacial score (nSPS) is 12.0. The first-order valence-electron chi connectivity index (χ1n) is 8.37. The van der Waals surface area contributed by atoms with Crippen molar-refractivity contribution in [2.75, 3.05) is 30.0 Å². The maximum Gasteiger partial charge on any atom is 0.238 e. The number of thioether (sulfide) groups is 2. The summed E-state index contributed by atoms with van der Waals surface area (Å²) < 4.78 is 6.20. The van der Waals surface area contributed by atoms with Gasteiger partial charge < -0.3 is 20.6 Å². The smallest absolute Gasteiger partial charge is 0.238 e. The van der Waals surface area contributed by atoms with Gasteiger partial charge >= 0.3 is 0 Å². The lowest BCUT2D eigenvalue weighted by atomic mass is 10.4. The van der Waals surface area contributed by atoms with E-state index in [1.807, 2.05) is 13.8 Å². The highest BCUT2D eigenvalue weighted by atomic mass is 32.2. The number of carbonyl (C=O) groups excluding carboxylic acids is 2. The molecule has 2 amide bonds. The van der Waals surface area contributed by atoms with Gasteiger partial charge in [-0.25, -0.2) is 4.68 Å². The maximum atomic E-state index is 12.2. The minimum atomic E-state index is -0.483. The fourth-order valence-electron chi connectivity index (χ4n) is 2.10. The van der Waals surface area contributed by atoms with Gasteiger partial charge in [0, 0.05) is 19.2 Å². The van der Waals surface area contributed by atoms with Crippen molar-refractivity contribution in [2.45, 2.75) is 43.3 Å². The minimum absolute atomic E-state index is 0.0119. The molecule has 1 atom stereocenters. The van der Waals surface area contributed by atoms with Crippen LogP contribution in [-0.4, -0.2) is 60.8 Å². The average molecular weight is 414 g/mol. The number of nitrogen functional groups attached to an aromatic ring is 1. The molecule has 1 unspecified atom stereocenters. The van der Waals surface area contributed by atoms with Crippen LogP contribution >= 0.6 is 23.5 Å². The van der Waals surface area contributed by atoms with Crippen molar-refractivity contribution in [2.24, 2.45) is 0 Å². The Kier molecular flexibility index (Phi) is 7.54. The Morgan fingerprint density at radius 3 is 2.59 bits per heavy atom. The Hall–Kier alpha value is -2.21. The fourth-order valence-corrected chi connectivity index (χ4v) is 3.69. The van der Waals surface area contributed by atoms with Gasteiger partial charge in [0.2, 0.25) is 22.1 Å². The van der Waals surface area contributed by atoms with E-state index in [9.17, 15) is 9.59 Å². The number of carbonyl (C=O) groups is 2. The third kappa shape index (κ3) is 5.63. The number of hydrogen-bond donors (Lipinski definition) is 2. The van der Waals surface area contributed by atoms with Gasteiger partial charge in [0.1, 0.15) is 5.76 Å². The molecule has 10 nitrogen and oxygen atoms in total. The molecule has 2 heterocycles. The Balaban J connectivity index is 1.92. The molecular weight excluding hydrogens is 390 g/mol. The lowest BCUT2D eigenvalue weighted by Crippen LogP contribution is -2.32. The molecule has 148 valence electrons. The summed E-state index contributed by atoms with van der Waals surface area (Å²) in [6.07, 6.45) is 0. The van der Waals surface area contributed by atoms with E-state index >= 15 is 0 Å². The van der Waals surface area contributed by atoms with Gasteiger partial charge in [0.25, 0.3) is 0 Å². The van der Waals surface area contributed by atoms with Crippen LogP contribution in [0.4, 0.5) is 5.82 Å². The summed E-state index contributed by atoms with van der Waals surface area (Å²) in [7, 11) is 0. The Morgan fingerprint density at radius 1 is 1.33 bits per heavy atom. The fraction of sp³-hybridized carbons (Fsp3) is 0.533. The van der Waals surface area contributed by atoms with E-state index in [-0.39, 0.29) is 17.6 Å². The molecule has 27 heavy (non-hydrogen) atoms. The van der Waals surface area contributed by atoms with Gasteiger partial charge in [-0.3, -0.25) is 9.59 Å². The standard InChI is InChI=1S/C15H23N7O3S2/c1-5-21(6-2)12(23)8-26-14-18-19-15(22(14)16)27-10(4)13(24)17-11-7-9(3)25-20-11/h7,10H,5-6,8,16H2,1-4H3,(H,17,20,24).